The van der Waals surface area contributed by atoms with Crippen molar-refractivity contribution in [2.75, 3.05) is 11.9 Å². The summed E-state index contributed by atoms with van der Waals surface area (Å²) in [5.41, 5.74) is 2.48. The van der Waals surface area contributed by atoms with Gasteiger partial charge in [-0.05, 0) is 47.7 Å². The summed E-state index contributed by atoms with van der Waals surface area (Å²) in [5.74, 6) is 1.78. The second-order valence-corrected chi connectivity index (χ2v) is 7.34. The highest BCUT2D eigenvalue weighted by atomic mass is 79.9. The summed E-state index contributed by atoms with van der Waals surface area (Å²) in [6.45, 7) is 3.10. The minimum Gasteiger partial charge on any atom is -0.370 e. The van der Waals surface area contributed by atoms with E-state index in [1.165, 1.54) is 29.0 Å². The minimum absolute atomic E-state index is 0.743. The molecule has 6 heteroatoms. The summed E-state index contributed by atoms with van der Waals surface area (Å²) in [4.78, 5) is 10.5. The Labute approximate surface area is 135 Å². The first-order valence-electron chi connectivity index (χ1n) is 6.78. The van der Waals surface area contributed by atoms with Gasteiger partial charge in [-0.1, -0.05) is 18.5 Å². The molecule has 2 aromatic rings. The largest absolute Gasteiger partial charge is 0.370 e. The zero-order valence-corrected chi connectivity index (χ0v) is 14.3. The van der Waals surface area contributed by atoms with Crippen LogP contribution in [-0.2, 0) is 12.8 Å². The molecular formula is C14H15BrClN3S. The summed E-state index contributed by atoms with van der Waals surface area (Å²) in [7, 11) is 0. The fourth-order valence-corrected chi connectivity index (χ4v) is 4.03. The van der Waals surface area contributed by atoms with Crippen molar-refractivity contribution in [2.45, 2.75) is 32.6 Å². The van der Waals surface area contributed by atoms with Gasteiger partial charge in [0.05, 0.1) is 4.88 Å². The van der Waals surface area contributed by atoms with E-state index >= 15 is 0 Å². The zero-order valence-electron chi connectivity index (χ0n) is 11.2. The van der Waals surface area contributed by atoms with Crippen LogP contribution in [0.5, 0.6) is 0 Å². The average molecular weight is 373 g/mol. The van der Waals surface area contributed by atoms with Gasteiger partial charge in [0.15, 0.2) is 5.82 Å². The summed E-state index contributed by atoms with van der Waals surface area (Å²) in [6, 6.07) is 1.99. The predicted molar refractivity (Wildman–Crippen MR) is 88.9 cm³/mol. The molecule has 2 heterocycles. The van der Waals surface area contributed by atoms with Crippen molar-refractivity contribution >= 4 is 44.7 Å². The van der Waals surface area contributed by atoms with Crippen molar-refractivity contribution < 1.29 is 0 Å². The number of thiophene rings is 1. The van der Waals surface area contributed by atoms with Crippen molar-refractivity contribution in [2.24, 2.45) is 0 Å². The van der Waals surface area contributed by atoms with E-state index in [1.54, 1.807) is 0 Å². The van der Waals surface area contributed by atoms with Crippen LogP contribution in [0.25, 0.3) is 10.7 Å². The number of fused-ring (bicyclic) bond motifs is 1. The van der Waals surface area contributed by atoms with Gasteiger partial charge in [-0.3, -0.25) is 0 Å². The lowest BCUT2D eigenvalue weighted by molar-refractivity contribution is 0.899. The Morgan fingerprint density at radius 2 is 2.25 bits per heavy atom. The van der Waals surface area contributed by atoms with E-state index in [9.17, 15) is 0 Å². The van der Waals surface area contributed by atoms with Gasteiger partial charge in [0, 0.05) is 22.3 Å². The molecule has 0 atom stereocenters. The normalized spacial score (nSPS) is 13.6. The third kappa shape index (κ3) is 2.71. The number of nitrogens with one attached hydrogen (secondary N) is 1. The van der Waals surface area contributed by atoms with Gasteiger partial charge in [-0.2, -0.15) is 0 Å². The second-order valence-electron chi connectivity index (χ2n) is 4.83. The number of hydrogen-bond donors (Lipinski definition) is 1. The lowest BCUT2D eigenvalue weighted by Gasteiger charge is -2.10. The molecule has 1 N–H and O–H groups in total. The molecule has 0 amide bonds. The van der Waals surface area contributed by atoms with Gasteiger partial charge in [-0.15, -0.1) is 11.3 Å². The van der Waals surface area contributed by atoms with E-state index in [4.69, 9.17) is 21.6 Å². The highest BCUT2D eigenvalue weighted by Crippen LogP contribution is 2.38. The van der Waals surface area contributed by atoms with E-state index in [-0.39, 0.29) is 0 Å². The summed E-state index contributed by atoms with van der Waals surface area (Å²) >= 11 is 11.1. The molecule has 0 saturated heterocycles. The molecule has 0 radical (unpaired) electrons. The standard InChI is InChI=1S/C14H15BrClN3S/c1-2-6-17-13-8-4-3-5-10(8)18-14(19-13)11-7-9(15)12(16)20-11/h7H,2-6H2,1H3,(H,17,18,19). The molecule has 0 bridgehead atoms. The Kier molecular flexibility index (Phi) is 4.29. The van der Waals surface area contributed by atoms with Crippen LogP contribution in [0, 0.1) is 0 Å². The minimum atomic E-state index is 0.743. The Morgan fingerprint density at radius 3 is 2.95 bits per heavy atom. The van der Waals surface area contributed by atoms with Gasteiger partial charge < -0.3 is 5.32 Å². The molecule has 2 aromatic heterocycles. The molecule has 20 heavy (non-hydrogen) atoms. The smallest absolute Gasteiger partial charge is 0.171 e. The third-order valence-electron chi connectivity index (χ3n) is 3.34. The summed E-state index contributed by atoms with van der Waals surface area (Å²) in [6.07, 6.45) is 4.39. The Bertz CT molecular complexity index is 622. The molecule has 1 aliphatic rings. The molecular weight excluding hydrogens is 358 g/mol. The highest BCUT2D eigenvalue weighted by molar-refractivity contribution is 9.10. The van der Waals surface area contributed by atoms with Gasteiger partial charge in [0.2, 0.25) is 0 Å². The molecule has 3 rings (SSSR count). The van der Waals surface area contributed by atoms with E-state index in [2.05, 4.69) is 28.2 Å². The Hall–Kier alpha value is -0.650. The van der Waals surface area contributed by atoms with Crippen LogP contribution in [0.2, 0.25) is 4.34 Å². The van der Waals surface area contributed by atoms with Crippen molar-refractivity contribution in [3.63, 3.8) is 0 Å². The van der Waals surface area contributed by atoms with Crippen LogP contribution in [-0.4, -0.2) is 16.5 Å². The van der Waals surface area contributed by atoms with Crippen LogP contribution in [0.4, 0.5) is 5.82 Å². The molecule has 3 nitrogen and oxygen atoms in total. The molecule has 0 saturated carbocycles. The van der Waals surface area contributed by atoms with Gasteiger partial charge in [-0.25, -0.2) is 9.97 Å². The number of rotatable bonds is 4. The second kappa shape index (κ2) is 6.00. The van der Waals surface area contributed by atoms with E-state index in [0.29, 0.717) is 0 Å². The third-order valence-corrected chi connectivity index (χ3v) is 5.81. The average Bonchev–Trinajstić information content (AvgIpc) is 3.03. The maximum Gasteiger partial charge on any atom is 0.171 e. The first-order valence-corrected chi connectivity index (χ1v) is 8.76. The maximum absolute atomic E-state index is 6.12. The van der Waals surface area contributed by atoms with E-state index in [1.807, 2.05) is 6.07 Å². The molecule has 0 spiro atoms. The summed E-state index contributed by atoms with van der Waals surface area (Å²) in [5, 5.41) is 3.44. The van der Waals surface area contributed by atoms with E-state index in [0.717, 1.165) is 51.1 Å². The van der Waals surface area contributed by atoms with Crippen LogP contribution in [0.3, 0.4) is 0 Å². The van der Waals surface area contributed by atoms with Crippen LogP contribution in [0.15, 0.2) is 10.5 Å². The molecule has 0 aliphatic heterocycles. The van der Waals surface area contributed by atoms with Crippen molar-refractivity contribution in [1.29, 1.82) is 0 Å². The number of hydrogen-bond acceptors (Lipinski definition) is 4. The molecule has 0 unspecified atom stereocenters. The Morgan fingerprint density at radius 1 is 1.40 bits per heavy atom. The lowest BCUT2D eigenvalue weighted by Crippen LogP contribution is -2.07. The number of aryl methyl sites for hydroxylation is 1. The fraction of sp³-hybridized carbons (Fsp3) is 0.429. The number of halogens is 2. The number of anilines is 1. The van der Waals surface area contributed by atoms with Gasteiger partial charge in [0.1, 0.15) is 10.2 Å². The molecule has 106 valence electrons. The van der Waals surface area contributed by atoms with E-state index < -0.39 is 0 Å². The van der Waals surface area contributed by atoms with Gasteiger partial charge in [0.25, 0.3) is 0 Å². The van der Waals surface area contributed by atoms with Crippen LogP contribution >= 0.6 is 38.9 Å². The lowest BCUT2D eigenvalue weighted by atomic mass is 10.2. The Balaban J connectivity index is 2.03. The molecule has 0 aromatic carbocycles. The maximum atomic E-state index is 6.12. The number of nitrogens with zero attached hydrogens (tertiary/aromatic N) is 2. The zero-order chi connectivity index (χ0) is 14.1. The first kappa shape index (κ1) is 14.3. The van der Waals surface area contributed by atoms with Crippen molar-refractivity contribution in [3.8, 4) is 10.7 Å². The van der Waals surface area contributed by atoms with Crippen molar-refractivity contribution in [3.05, 3.63) is 26.1 Å². The van der Waals surface area contributed by atoms with Crippen molar-refractivity contribution in [1.82, 2.24) is 9.97 Å². The summed E-state index contributed by atoms with van der Waals surface area (Å²) < 4.78 is 1.65. The topological polar surface area (TPSA) is 37.8 Å². The number of aromatic nitrogens is 2. The first-order chi connectivity index (χ1) is 9.69. The van der Waals surface area contributed by atoms with Gasteiger partial charge >= 0.3 is 0 Å². The highest BCUT2D eigenvalue weighted by Gasteiger charge is 2.20. The predicted octanol–water partition coefficient (Wildman–Crippen LogP) is 4.93. The monoisotopic (exact) mass is 371 g/mol. The quantitative estimate of drug-likeness (QED) is 0.826. The fourth-order valence-electron chi connectivity index (χ4n) is 2.39. The SMILES string of the molecule is CCCNc1nc(-c2cc(Br)c(Cl)s2)nc2c1CCC2. The van der Waals surface area contributed by atoms with Crippen LogP contribution in [0.1, 0.15) is 31.0 Å². The van der Waals surface area contributed by atoms with Crippen LogP contribution < -0.4 is 5.32 Å². The molecule has 1 aliphatic carbocycles. The molecule has 0 fully saturated rings.